The number of methoxy groups -OCH3 is 2. The number of nitrogens with zero attached hydrogens (tertiary/aromatic N) is 1. The summed E-state index contributed by atoms with van der Waals surface area (Å²) in [5.41, 5.74) is 12.6. The molecule has 1 aromatic carbocycles. The zero-order chi connectivity index (χ0) is 15.8. The Morgan fingerprint density at radius 2 is 1.71 bits per heavy atom. The van der Waals surface area contributed by atoms with Crippen LogP contribution in [0.2, 0.25) is 0 Å². The van der Waals surface area contributed by atoms with E-state index in [9.17, 15) is 9.59 Å². The topological polar surface area (TPSA) is 108 Å². The molecular weight excluding hydrogens is 274 g/mol. The first-order valence-corrected chi connectivity index (χ1v) is 6.49. The summed E-state index contributed by atoms with van der Waals surface area (Å²) in [5, 5.41) is 0. The number of ether oxygens (including phenoxy) is 2. The van der Waals surface area contributed by atoms with Gasteiger partial charge in [-0.2, -0.15) is 0 Å². The molecule has 7 nitrogen and oxygen atoms in total. The molecule has 0 saturated heterocycles. The number of hydrogen-bond acceptors (Lipinski definition) is 6. The first-order chi connectivity index (χ1) is 9.97. The lowest BCUT2D eigenvalue weighted by Gasteiger charge is -2.22. The van der Waals surface area contributed by atoms with Gasteiger partial charge in [-0.05, 0) is 18.2 Å². The summed E-state index contributed by atoms with van der Waals surface area (Å²) in [6, 6.07) is 4.68. The number of hydrogen-bond donors (Lipinski definition) is 2. The highest BCUT2D eigenvalue weighted by molar-refractivity contribution is 5.96. The Balaban J connectivity index is 2.84. The lowest BCUT2D eigenvalue weighted by Crippen LogP contribution is -2.35. The summed E-state index contributed by atoms with van der Waals surface area (Å²) in [4.78, 5) is 25.2. The molecule has 4 N–H and O–H groups in total. The number of amides is 1. The van der Waals surface area contributed by atoms with Crippen molar-refractivity contribution in [1.82, 2.24) is 4.90 Å². The summed E-state index contributed by atoms with van der Waals surface area (Å²) in [5.74, 6) is -0.632. The summed E-state index contributed by atoms with van der Waals surface area (Å²) < 4.78 is 9.56. The Morgan fingerprint density at radius 3 is 2.24 bits per heavy atom. The zero-order valence-corrected chi connectivity index (χ0v) is 12.3. The maximum atomic E-state index is 12.5. The molecule has 0 aromatic heterocycles. The number of esters is 1. The lowest BCUT2D eigenvalue weighted by molar-refractivity contribution is -0.140. The maximum Gasteiger partial charge on any atom is 0.307 e. The second kappa shape index (κ2) is 8.11. The van der Waals surface area contributed by atoms with Gasteiger partial charge < -0.3 is 25.8 Å². The molecule has 0 heterocycles. The van der Waals surface area contributed by atoms with Crippen molar-refractivity contribution in [2.24, 2.45) is 0 Å². The fourth-order valence-electron chi connectivity index (χ4n) is 1.83. The van der Waals surface area contributed by atoms with Gasteiger partial charge in [-0.15, -0.1) is 0 Å². The van der Waals surface area contributed by atoms with Crippen molar-refractivity contribution in [3.8, 4) is 0 Å². The third-order valence-electron chi connectivity index (χ3n) is 2.89. The molecule has 0 atom stereocenters. The molecule has 0 fully saturated rings. The van der Waals surface area contributed by atoms with E-state index < -0.39 is 0 Å². The van der Waals surface area contributed by atoms with Crippen molar-refractivity contribution in [3.63, 3.8) is 0 Å². The van der Waals surface area contributed by atoms with Crippen molar-refractivity contribution in [2.75, 3.05) is 45.4 Å². The Bertz CT molecular complexity index is 485. The summed E-state index contributed by atoms with van der Waals surface area (Å²) in [7, 11) is 2.85. The molecule has 116 valence electrons. The second-order valence-corrected chi connectivity index (χ2v) is 4.50. The van der Waals surface area contributed by atoms with E-state index in [1.165, 1.54) is 12.0 Å². The van der Waals surface area contributed by atoms with Crippen molar-refractivity contribution in [3.05, 3.63) is 23.8 Å². The number of nitrogens with two attached hydrogens (primary N) is 2. The Hall–Kier alpha value is -2.28. The van der Waals surface area contributed by atoms with Gasteiger partial charge in [0.25, 0.3) is 5.91 Å². The van der Waals surface area contributed by atoms with Gasteiger partial charge in [0.1, 0.15) is 0 Å². The van der Waals surface area contributed by atoms with Gasteiger partial charge in [0, 0.05) is 37.1 Å². The van der Waals surface area contributed by atoms with Crippen LogP contribution in [0.5, 0.6) is 0 Å². The van der Waals surface area contributed by atoms with E-state index >= 15 is 0 Å². The van der Waals surface area contributed by atoms with Crippen LogP contribution in [-0.4, -0.2) is 50.7 Å². The predicted molar refractivity (Wildman–Crippen MR) is 79.7 cm³/mol. The molecular formula is C14H21N3O4. The highest BCUT2D eigenvalue weighted by atomic mass is 16.5. The summed E-state index contributed by atoms with van der Waals surface area (Å²) >= 11 is 0. The number of carbonyl (C=O) groups excluding carboxylic acids is 2. The average molecular weight is 295 g/mol. The monoisotopic (exact) mass is 295 g/mol. The molecule has 1 rings (SSSR count). The molecule has 0 spiro atoms. The SMILES string of the molecule is COCCN(CCC(=O)OC)C(=O)c1cc(N)cc(N)c1. The largest absolute Gasteiger partial charge is 0.469 e. The zero-order valence-electron chi connectivity index (χ0n) is 12.3. The Morgan fingerprint density at radius 1 is 1.10 bits per heavy atom. The number of benzene rings is 1. The van der Waals surface area contributed by atoms with E-state index in [1.807, 2.05) is 0 Å². The van der Waals surface area contributed by atoms with Crippen molar-refractivity contribution >= 4 is 23.3 Å². The first kappa shape index (κ1) is 16.8. The molecule has 0 radical (unpaired) electrons. The number of carbonyl (C=O) groups is 2. The number of rotatable bonds is 7. The molecule has 0 aliphatic heterocycles. The van der Waals surface area contributed by atoms with Gasteiger partial charge in [0.15, 0.2) is 0 Å². The molecule has 0 aliphatic carbocycles. The molecule has 0 bridgehead atoms. The van der Waals surface area contributed by atoms with Gasteiger partial charge in [-0.3, -0.25) is 9.59 Å². The number of anilines is 2. The standard InChI is InChI=1S/C14H21N3O4/c1-20-6-5-17(4-3-13(18)21-2)14(19)10-7-11(15)9-12(16)8-10/h7-9H,3-6,15-16H2,1-2H3. The normalized spacial score (nSPS) is 10.2. The molecule has 0 unspecified atom stereocenters. The van der Waals surface area contributed by atoms with Crippen LogP contribution < -0.4 is 11.5 Å². The van der Waals surface area contributed by atoms with E-state index in [0.29, 0.717) is 30.1 Å². The van der Waals surface area contributed by atoms with E-state index in [0.717, 1.165) is 0 Å². The van der Waals surface area contributed by atoms with Crippen LogP contribution in [0.1, 0.15) is 16.8 Å². The molecule has 1 amide bonds. The van der Waals surface area contributed by atoms with Crippen LogP contribution >= 0.6 is 0 Å². The third kappa shape index (κ3) is 5.31. The van der Waals surface area contributed by atoms with Gasteiger partial charge >= 0.3 is 5.97 Å². The molecule has 0 saturated carbocycles. The molecule has 1 aromatic rings. The molecule has 0 aliphatic rings. The lowest BCUT2D eigenvalue weighted by atomic mass is 10.1. The van der Waals surface area contributed by atoms with E-state index in [4.69, 9.17) is 16.2 Å². The van der Waals surface area contributed by atoms with Crippen LogP contribution in [0.4, 0.5) is 11.4 Å². The Kier molecular flexibility index (Phi) is 6.48. The van der Waals surface area contributed by atoms with Crippen molar-refractivity contribution in [1.29, 1.82) is 0 Å². The molecule has 21 heavy (non-hydrogen) atoms. The van der Waals surface area contributed by atoms with E-state index in [2.05, 4.69) is 4.74 Å². The maximum absolute atomic E-state index is 12.5. The molecule has 7 heteroatoms. The van der Waals surface area contributed by atoms with Crippen LogP contribution in [-0.2, 0) is 14.3 Å². The Labute approximate surface area is 123 Å². The second-order valence-electron chi connectivity index (χ2n) is 4.50. The van der Waals surface area contributed by atoms with E-state index in [1.54, 1.807) is 25.3 Å². The average Bonchev–Trinajstić information content (AvgIpc) is 2.45. The number of nitrogen functional groups attached to an aromatic ring is 2. The minimum absolute atomic E-state index is 0.115. The van der Waals surface area contributed by atoms with Crippen LogP contribution in [0, 0.1) is 0 Å². The van der Waals surface area contributed by atoms with Gasteiger partial charge in [0.05, 0.1) is 20.1 Å². The van der Waals surface area contributed by atoms with Crippen LogP contribution in [0.15, 0.2) is 18.2 Å². The van der Waals surface area contributed by atoms with Gasteiger partial charge in [0.2, 0.25) is 0 Å². The predicted octanol–water partition coefficient (Wildman–Crippen LogP) is 0.503. The fourth-order valence-corrected chi connectivity index (χ4v) is 1.83. The third-order valence-corrected chi connectivity index (χ3v) is 2.89. The first-order valence-electron chi connectivity index (χ1n) is 6.49. The van der Waals surface area contributed by atoms with Crippen molar-refractivity contribution in [2.45, 2.75) is 6.42 Å². The smallest absolute Gasteiger partial charge is 0.307 e. The minimum atomic E-state index is -0.377. The fraction of sp³-hybridized carbons (Fsp3) is 0.429. The van der Waals surface area contributed by atoms with E-state index in [-0.39, 0.29) is 24.8 Å². The summed E-state index contributed by atoms with van der Waals surface area (Å²) in [6.07, 6.45) is 0.115. The minimum Gasteiger partial charge on any atom is -0.469 e. The highest BCUT2D eigenvalue weighted by Crippen LogP contribution is 2.15. The highest BCUT2D eigenvalue weighted by Gasteiger charge is 2.17. The quantitative estimate of drug-likeness (QED) is 0.560. The van der Waals surface area contributed by atoms with Crippen LogP contribution in [0.3, 0.4) is 0 Å². The summed E-state index contributed by atoms with van der Waals surface area (Å²) in [6.45, 7) is 0.968. The van der Waals surface area contributed by atoms with Gasteiger partial charge in [-0.1, -0.05) is 0 Å². The van der Waals surface area contributed by atoms with Gasteiger partial charge in [-0.25, -0.2) is 0 Å². The van der Waals surface area contributed by atoms with Crippen LogP contribution in [0.25, 0.3) is 0 Å². The van der Waals surface area contributed by atoms with Crippen molar-refractivity contribution < 1.29 is 19.1 Å².